The third-order valence-corrected chi connectivity index (χ3v) is 6.16. The van der Waals surface area contributed by atoms with E-state index < -0.39 is 0 Å². The first-order valence-corrected chi connectivity index (χ1v) is 11.0. The molecule has 4 rings (SSSR count). The Balaban J connectivity index is 1.40. The van der Waals surface area contributed by atoms with Gasteiger partial charge in [0.2, 0.25) is 0 Å². The highest BCUT2D eigenvalue weighted by molar-refractivity contribution is 7.13. The first kappa shape index (κ1) is 19.0. The van der Waals surface area contributed by atoms with Crippen LogP contribution < -0.4 is 5.32 Å². The van der Waals surface area contributed by atoms with Gasteiger partial charge in [-0.25, -0.2) is 15.0 Å². The highest BCUT2D eigenvalue weighted by atomic mass is 32.1. The Bertz CT molecular complexity index is 857. The van der Waals surface area contributed by atoms with Gasteiger partial charge in [-0.3, -0.25) is 4.90 Å². The Hall–Kier alpha value is -2.31. The van der Waals surface area contributed by atoms with Crippen molar-refractivity contribution < 1.29 is 0 Å². The van der Waals surface area contributed by atoms with Crippen molar-refractivity contribution >= 4 is 23.0 Å². The highest BCUT2D eigenvalue weighted by Crippen LogP contribution is 2.25. The normalized spacial score (nSPS) is 15.1. The number of nitrogens with one attached hydrogen (secondary N) is 1. The molecular weight excluding hydrogens is 366 g/mol. The van der Waals surface area contributed by atoms with E-state index in [1.165, 1.54) is 37.7 Å². The first-order chi connectivity index (χ1) is 13.8. The molecule has 1 fully saturated rings. The number of nitrogens with zero attached hydrogens (tertiary/aromatic N) is 4. The fourth-order valence-electron chi connectivity index (χ4n) is 3.88. The zero-order valence-corrected chi connectivity index (χ0v) is 17.2. The Kier molecular flexibility index (Phi) is 6.29. The Morgan fingerprint density at radius 2 is 1.96 bits per heavy atom. The maximum absolute atomic E-state index is 4.64. The van der Waals surface area contributed by atoms with Gasteiger partial charge < -0.3 is 5.32 Å². The monoisotopic (exact) mass is 393 g/mol. The fraction of sp³-hybridized carbons (Fsp3) is 0.409. The van der Waals surface area contributed by atoms with Gasteiger partial charge in [0.15, 0.2) is 0 Å². The minimum Gasteiger partial charge on any atom is -0.325 e. The van der Waals surface area contributed by atoms with Crippen molar-refractivity contribution in [1.82, 2.24) is 19.9 Å². The van der Waals surface area contributed by atoms with Gasteiger partial charge in [0.25, 0.3) is 0 Å². The maximum atomic E-state index is 4.64. The van der Waals surface area contributed by atoms with Crippen LogP contribution >= 0.6 is 11.3 Å². The van der Waals surface area contributed by atoms with Gasteiger partial charge in [0.05, 0.1) is 0 Å². The van der Waals surface area contributed by atoms with Gasteiger partial charge in [-0.05, 0) is 43.1 Å². The van der Waals surface area contributed by atoms with E-state index in [-0.39, 0.29) is 0 Å². The number of thiazole rings is 1. The van der Waals surface area contributed by atoms with Crippen LogP contribution in [0.1, 0.15) is 44.6 Å². The third kappa shape index (κ3) is 4.75. The van der Waals surface area contributed by atoms with E-state index in [0.29, 0.717) is 0 Å². The van der Waals surface area contributed by atoms with Crippen molar-refractivity contribution in [1.29, 1.82) is 0 Å². The lowest BCUT2D eigenvalue weighted by molar-refractivity contribution is 0.156. The van der Waals surface area contributed by atoms with E-state index >= 15 is 0 Å². The summed E-state index contributed by atoms with van der Waals surface area (Å²) in [5, 5.41) is 6.19. The van der Waals surface area contributed by atoms with Gasteiger partial charge in [-0.2, -0.15) is 0 Å². The molecule has 0 radical (unpaired) electrons. The van der Waals surface area contributed by atoms with E-state index in [0.717, 1.165) is 41.5 Å². The average molecular weight is 394 g/mol. The molecule has 3 aromatic rings. The molecule has 0 bridgehead atoms. The van der Waals surface area contributed by atoms with Crippen LogP contribution in [0, 0.1) is 0 Å². The smallest absolute Gasteiger partial charge is 0.141 e. The summed E-state index contributed by atoms with van der Waals surface area (Å²) in [4.78, 5) is 16.2. The molecule has 146 valence electrons. The lowest BCUT2D eigenvalue weighted by Crippen LogP contribution is -2.36. The summed E-state index contributed by atoms with van der Waals surface area (Å²) in [5.74, 6) is 1.60. The van der Waals surface area contributed by atoms with E-state index in [2.05, 4.69) is 38.2 Å². The summed E-state index contributed by atoms with van der Waals surface area (Å²) in [6, 6.07) is 10.9. The molecule has 0 saturated heterocycles. The molecule has 3 heterocycles. The van der Waals surface area contributed by atoms with Crippen LogP contribution in [0.5, 0.6) is 0 Å². The molecule has 1 aliphatic carbocycles. The lowest BCUT2D eigenvalue weighted by Gasteiger charge is -2.33. The van der Waals surface area contributed by atoms with Crippen LogP contribution in [0.2, 0.25) is 0 Å². The number of hydrogen-bond donors (Lipinski definition) is 1. The largest absolute Gasteiger partial charge is 0.325 e. The summed E-state index contributed by atoms with van der Waals surface area (Å²) in [7, 11) is 0. The summed E-state index contributed by atoms with van der Waals surface area (Å²) < 4.78 is 0. The number of hydrogen-bond acceptors (Lipinski definition) is 6. The molecule has 3 aromatic heterocycles. The summed E-state index contributed by atoms with van der Waals surface area (Å²) in [5.41, 5.74) is 2.14. The number of anilines is 2. The zero-order valence-electron chi connectivity index (χ0n) is 16.3. The second kappa shape index (κ2) is 9.26. The maximum Gasteiger partial charge on any atom is 0.141 e. The van der Waals surface area contributed by atoms with Gasteiger partial charge in [-0.1, -0.05) is 38.3 Å². The Morgan fingerprint density at radius 1 is 1.07 bits per heavy atom. The van der Waals surface area contributed by atoms with Crippen molar-refractivity contribution in [3.05, 3.63) is 53.7 Å². The van der Waals surface area contributed by atoms with Crippen LogP contribution in [-0.4, -0.2) is 32.4 Å². The predicted molar refractivity (Wildman–Crippen MR) is 116 cm³/mol. The molecule has 6 heteroatoms. The molecule has 0 aliphatic heterocycles. The number of aromatic nitrogens is 3. The molecule has 0 spiro atoms. The molecule has 5 nitrogen and oxygen atoms in total. The zero-order chi connectivity index (χ0) is 19.2. The molecule has 1 aliphatic rings. The topological polar surface area (TPSA) is 53.9 Å². The average Bonchev–Trinajstić information content (AvgIpc) is 3.29. The van der Waals surface area contributed by atoms with E-state index in [9.17, 15) is 0 Å². The SMILES string of the molecule is CCN(Cc1ccc(Nc2cccc(-c3nccs3)n2)nc1)C1CCCCC1. The molecule has 28 heavy (non-hydrogen) atoms. The molecule has 0 amide bonds. The van der Waals surface area contributed by atoms with Crippen LogP contribution in [0.4, 0.5) is 11.6 Å². The quantitative estimate of drug-likeness (QED) is 0.574. The number of pyridine rings is 2. The van der Waals surface area contributed by atoms with Gasteiger partial charge >= 0.3 is 0 Å². The van der Waals surface area contributed by atoms with Crippen LogP contribution in [0.3, 0.4) is 0 Å². The molecule has 1 saturated carbocycles. The fourth-order valence-corrected chi connectivity index (χ4v) is 4.48. The van der Waals surface area contributed by atoms with Gasteiger partial charge in [-0.15, -0.1) is 11.3 Å². The second-order valence-corrected chi connectivity index (χ2v) is 8.17. The van der Waals surface area contributed by atoms with E-state index in [4.69, 9.17) is 0 Å². The van der Waals surface area contributed by atoms with Crippen molar-refractivity contribution in [2.24, 2.45) is 0 Å². The molecular formula is C22H27N5S. The standard InChI is InChI=1S/C22H27N5S/c1-2-27(18-7-4-3-5-8-18)16-17-11-12-20(24-15-17)26-21-10-6-9-19(25-21)22-23-13-14-28-22/h6,9-15,18H,2-5,7-8,16H2,1H3,(H,24,25,26). The number of rotatable bonds is 7. The Labute approximate surface area is 170 Å². The van der Waals surface area contributed by atoms with Crippen LogP contribution in [0.15, 0.2) is 48.1 Å². The first-order valence-electron chi connectivity index (χ1n) is 10.1. The van der Waals surface area contributed by atoms with Gasteiger partial charge in [0.1, 0.15) is 22.3 Å². The molecule has 0 aromatic carbocycles. The minimum absolute atomic E-state index is 0.731. The van der Waals surface area contributed by atoms with E-state index in [1.807, 2.05) is 35.8 Å². The summed E-state index contributed by atoms with van der Waals surface area (Å²) in [6.45, 7) is 4.34. The van der Waals surface area contributed by atoms with E-state index in [1.54, 1.807) is 17.5 Å². The summed E-state index contributed by atoms with van der Waals surface area (Å²) >= 11 is 1.59. The van der Waals surface area contributed by atoms with Crippen molar-refractivity contribution in [3.63, 3.8) is 0 Å². The molecule has 0 atom stereocenters. The molecule has 1 N–H and O–H groups in total. The highest BCUT2D eigenvalue weighted by Gasteiger charge is 2.19. The van der Waals surface area contributed by atoms with Crippen LogP contribution in [-0.2, 0) is 6.54 Å². The van der Waals surface area contributed by atoms with Gasteiger partial charge in [0, 0.05) is 30.4 Å². The minimum atomic E-state index is 0.731. The van der Waals surface area contributed by atoms with Crippen molar-refractivity contribution in [2.45, 2.75) is 51.6 Å². The predicted octanol–water partition coefficient (Wildman–Crippen LogP) is 5.50. The lowest BCUT2D eigenvalue weighted by atomic mass is 9.94. The molecule has 0 unspecified atom stereocenters. The summed E-state index contributed by atoms with van der Waals surface area (Å²) in [6.07, 6.45) is 10.6. The van der Waals surface area contributed by atoms with Crippen LogP contribution in [0.25, 0.3) is 10.7 Å². The van der Waals surface area contributed by atoms with Crippen molar-refractivity contribution in [2.75, 3.05) is 11.9 Å². The van der Waals surface area contributed by atoms with Crippen molar-refractivity contribution in [3.8, 4) is 10.7 Å². The Morgan fingerprint density at radius 3 is 2.68 bits per heavy atom. The second-order valence-electron chi connectivity index (χ2n) is 7.28. The third-order valence-electron chi connectivity index (χ3n) is 5.36.